The first-order valence-electron chi connectivity index (χ1n) is 9.44. The number of aliphatic carboxylic acids is 1. The lowest BCUT2D eigenvalue weighted by Gasteiger charge is -2.21. The van der Waals surface area contributed by atoms with Crippen LogP contribution in [0.4, 0.5) is 0 Å². The molecule has 2 atom stereocenters. The van der Waals surface area contributed by atoms with Crippen LogP contribution in [-0.4, -0.2) is 28.9 Å². The van der Waals surface area contributed by atoms with E-state index in [1.807, 2.05) is 43.3 Å². The highest BCUT2D eigenvalue weighted by molar-refractivity contribution is 5.94. The minimum Gasteiger partial charge on any atom is -0.480 e. The molecule has 0 saturated heterocycles. The van der Waals surface area contributed by atoms with Crippen LogP contribution in [0, 0.1) is 0 Å². The Labute approximate surface area is 165 Å². The van der Waals surface area contributed by atoms with Crippen molar-refractivity contribution in [1.82, 2.24) is 10.6 Å². The van der Waals surface area contributed by atoms with E-state index in [1.165, 1.54) is 0 Å². The van der Waals surface area contributed by atoms with Gasteiger partial charge >= 0.3 is 5.97 Å². The molecule has 2 amide bonds. The first-order valence-corrected chi connectivity index (χ1v) is 9.44. The molecule has 0 aliphatic heterocycles. The van der Waals surface area contributed by atoms with Crippen LogP contribution in [0.25, 0.3) is 0 Å². The first-order chi connectivity index (χ1) is 13.5. The van der Waals surface area contributed by atoms with E-state index in [0.717, 1.165) is 12.0 Å². The monoisotopic (exact) mass is 382 g/mol. The van der Waals surface area contributed by atoms with Crippen molar-refractivity contribution in [3.8, 4) is 0 Å². The van der Waals surface area contributed by atoms with E-state index in [9.17, 15) is 19.5 Å². The summed E-state index contributed by atoms with van der Waals surface area (Å²) in [5.41, 5.74) is 1.28. The molecule has 0 aromatic heterocycles. The molecule has 6 heteroatoms. The van der Waals surface area contributed by atoms with Crippen LogP contribution >= 0.6 is 0 Å². The predicted octanol–water partition coefficient (Wildman–Crippen LogP) is 3.31. The Morgan fingerprint density at radius 3 is 2.11 bits per heavy atom. The molecule has 6 nitrogen and oxygen atoms in total. The van der Waals surface area contributed by atoms with Gasteiger partial charge in [-0.25, -0.2) is 4.79 Å². The van der Waals surface area contributed by atoms with Crippen molar-refractivity contribution in [2.75, 3.05) is 0 Å². The largest absolute Gasteiger partial charge is 0.480 e. The molecule has 3 N–H and O–H groups in total. The standard InChI is InChI=1S/C22H26N2O4/c1-2-3-14-18(22(27)28)23-20(25)15-19(16-10-6-4-7-11-16)24-21(26)17-12-8-5-9-13-17/h4-13,18-19H,2-3,14-15H2,1H3,(H,23,25)(H,24,26)(H,27,28)/t18-,19?/m0/s1. The molecule has 0 spiro atoms. The minimum absolute atomic E-state index is 0.0432. The van der Waals surface area contributed by atoms with E-state index in [1.54, 1.807) is 24.3 Å². The fraction of sp³-hybridized carbons (Fsp3) is 0.318. The Kier molecular flexibility index (Phi) is 8.21. The van der Waals surface area contributed by atoms with Gasteiger partial charge in [0.05, 0.1) is 12.5 Å². The van der Waals surface area contributed by atoms with Gasteiger partial charge in [0.2, 0.25) is 5.91 Å². The van der Waals surface area contributed by atoms with Crippen LogP contribution in [0.2, 0.25) is 0 Å². The van der Waals surface area contributed by atoms with Crippen molar-refractivity contribution in [3.63, 3.8) is 0 Å². The number of carbonyl (C=O) groups excluding carboxylic acids is 2. The van der Waals surface area contributed by atoms with Crippen molar-refractivity contribution in [2.45, 2.75) is 44.7 Å². The molecule has 0 aliphatic carbocycles. The zero-order valence-corrected chi connectivity index (χ0v) is 15.9. The zero-order chi connectivity index (χ0) is 20.4. The maximum absolute atomic E-state index is 12.5. The number of nitrogens with one attached hydrogen (secondary N) is 2. The van der Waals surface area contributed by atoms with Crippen molar-refractivity contribution < 1.29 is 19.5 Å². The van der Waals surface area contributed by atoms with Crippen molar-refractivity contribution >= 4 is 17.8 Å². The summed E-state index contributed by atoms with van der Waals surface area (Å²) in [7, 11) is 0. The van der Waals surface area contributed by atoms with Gasteiger partial charge in [-0.15, -0.1) is 0 Å². The second-order valence-corrected chi connectivity index (χ2v) is 6.61. The number of hydrogen-bond acceptors (Lipinski definition) is 3. The molecule has 0 aliphatic rings. The molecule has 2 aromatic carbocycles. The Hall–Kier alpha value is -3.15. The average Bonchev–Trinajstić information content (AvgIpc) is 2.71. The lowest BCUT2D eigenvalue weighted by Crippen LogP contribution is -2.42. The quantitative estimate of drug-likeness (QED) is 0.587. The maximum atomic E-state index is 12.5. The smallest absolute Gasteiger partial charge is 0.326 e. The van der Waals surface area contributed by atoms with E-state index >= 15 is 0 Å². The Balaban J connectivity index is 2.10. The highest BCUT2D eigenvalue weighted by Gasteiger charge is 2.23. The number of rotatable bonds is 10. The molecule has 0 fully saturated rings. The summed E-state index contributed by atoms with van der Waals surface area (Å²) in [6.07, 6.45) is 1.89. The highest BCUT2D eigenvalue weighted by atomic mass is 16.4. The third kappa shape index (κ3) is 6.54. The highest BCUT2D eigenvalue weighted by Crippen LogP contribution is 2.18. The number of unbranched alkanes of at least 4 members (excludes halogenated alkanes) is 1. The lowest BCUT2D eigenvalue weighted by molar-refractivity contribution is -0.142. The van der Waals surface area contributed by atoms with Crippen molar-refractivity contribution in [3.05, 3.63) is 71.8 Å². The molecule has 148 valence electrons. The van der Waals surface area contributed by atoms with E-state index in [2.05, 4.69) is 10.6 Å². The van der Waals surface area contributed by atoms with Crippen LogP contribution in [0.15, 0.2) is 60.7 Å². The van der Waals surface area contributed by atoms with Gasteiger partial charge in [-0.05, 0) is 24.1 Å². The van der Waals surface area contributed by atoms with Gasteiger partial charge in [-0.1, -0.05) is 68.3 Å². The third-order valence-corrected chi connectivity index (χ3v) is 4.41. The molecule has 1 unspecified atom stereocenters. The van der Waals surface area contributed by atoms with Gasteiger partial charge in [0, 0.05) is 5.56 Å². The molecule has 2 rings (SSSR count). The maximum Gasteiger partial charge on any atom is 0.326 e. The average molecular weight is 382 g/mol. The first kappa shape index (κ1) is 21.2. The number of carbonyl (C=O) groups is 3. The van der Waals surface area contributed by atoms with E-state index in [4.69, 9.17) is 0 Å². The molecule has 2 aromatic rings. The van der Waals surface area contributed by atoms with Gasteiger partial charge in [-0.3, -0.25) is 9.59 Å². The second kappa shape index (κ2) is 10.9. The zero-order valence-electron chi connectivity index (χ0n) is 15.9. The molecule has 0 bridgehead atoms. The van der Waals surface area contributed by atoms with Crippen LogP contribution in [0.5, 0.6) is 0 Å². The molecule has 0 heterocycles. The number of hydrogen-bond donors (Lipinski definition) is 3. The van der Waals surface area contributed by atoms with E-state index < -0.39 is 24.0 Å². The number of benzene rings is 2. The van der Waals surface area contributed by atoms with E-state index in [0.29, 0.717) is 18.4 Å². The van der Waals surface area contributed by atoms with Crippen LogP contribution < -0.4 is 10.6 Å². The third-order valence-electron chi connectivity index (χ3n) is 4.41. The summed E-state index contributed by atoms with van der Waals surface area (Å²) in [6.45, 7) is 1.96. The number of amides is 2. The molecule has 28 heavy (non-hydrogen) atoms. The minimum atomic E-state index is -1.05. The summed E-state index contributed by atoms with van der Waals surface area (Å²) in [6, 6.07) is 16.4. The Morgan fingerprint density at radius 2 is 1.54 bits per heavy atom. The predicted molar refractivity (Wildman–Crippen MR) is 107 cm³/mol. The van der Waals surface area contributed by atoms with Gasteiger partial charge < -0.3 is 15.7 Å². The normalized spacial score (nSPS) is 12.6. The van der Waals surface area contributed by atoms with Gasteiger partial charge in [0.15, 0.2) is 0 Å². The SMILES string of the molecule is CCCC[C@H](NC(=O)CC(NC(=O)c1ccccc1)c1ccccc1)C(=O)O. The topological polar surface area (TPSA) is 95.5 Å². The van der Waals surface area contributed by atoms with Crippen molar-refractivity contribution in [1.29, 1.82) is 0 Å². The van der Waals surface area contributed by atoms with E-state index in [-0.39, 0.29) is 12.3 Å². The van der Waals surface area contributed by atoms with Crippen LogP contribution in [0.1, 0.15) is 54.6 Å². The van der Waals surface area contributed by atoms with Gasteiger partial charge in [0.25, 0.3) is 5.91 Å². The molecular formula is C22H26N2O4. The van der Waals surface area contributed by atoms with Crippen LogP contribution in [-0.2, 0) is 9.59 Å². The number of carboxylic acid groups (broad SMARTS) is 1. The Morgan fingerprint density at radius 1 is 0.929 bits per heavy atom. The summed E-state index contributed by atoms with van der Waals surface area (Å²) >= 11 is 0. The fourth-order valence-corrected chi connectivity index (χ4v) is 2.87. The van der Waals surface area contributed by atoms with Crippen LogP contribution in [0.3, 0.4) is 0 Å². The molecule has 0 radical (unpaired) electrons. The molecular weight excluding hydrogens is 356 g/mol. The second-order valence-electron chi connectivity index (χ2n) is 6.61. The number of carboxylic acids is 1. The summed E-state index contributed by atoms with van der Waals surface area (Å²) in [5.74, 6) is -1.75. The van der Waals surface area contributed by atoms with Crippen molar-refractivity contribution in [2.24, 2.45) is 0 Å². The summed E-state index contributed by atoms with van der Waals surface area (Å²) in [4.78, 5) is 36.4. The summed E-state index contributed by atoms with van der Waals surface area (Å²) in [5, 5.41) is 14.8. The molecule has 0 saturated carbocycles. The van der Waals surface area contributed by atoms with Gasteiger partial charge in [-0.2, -0.15) is 0 Å². The summed E-state index contributed by atoms with van der Waals surface area (Å²) < 4.78 is 0. The lowest BCUT2D eigenvalue weighted by atomic mass is 10.0. The Bertz CT molecular complexity index is 778. The fourth-order valence-electron chi connectivity index (χ4n) is 2.87. The van der Waals surface area contributed by atoms with Gasteiger partial charge in [0.1, 0.15) is 6.04 Å².